The van der Waals surface area contributed by atoms with Crippen LogP contribution >= 0.6 is 0 Å². The van der Waals surface area contributed by atoms with Crippen LogP contribution in [0.15, 0.2) is 206 Å². The number of hydrogen-bond acceptors (Lipinski definition) is 1. The maximum Gasteiger partial charge on any atom is 0.0547 e. The summed E-state index contributed by atoms with van der Waals surface area (Å²) in [5.74, 6) is 0. The normalized spacial score (nSPS) is 13.4. The molecule has 1 atom stereocenters. The molecule has 284 valence electrons. The van der Waals surface area contributed by atoms with E-state index < -0.39 is 0 Å². The average Bonchev–Trinajstić information content (AvgIpc) is 3.65. The zero-order valence-corrected chi connectivity index (χ0v) is 33.6. The third-order valence-electron chi connectivity index (χ3n) is 12.0. The first-order valence-electron chi connectivity index (χ1n) is 20.8. The number of nitrogens with zero attached hydrogens (tertiary/aromatic N) is 2. The molecule has 2 heteroatoms. The standard InChI is InChI=1S/C57H46N2/c1-3-41(43-33-35-44(36-34-43)42-17-6-4-7-18-42)32-31-40(2)58(53-29-15-21-45-19-10-12-26-50(45)53)49-25-14-22-47(39-49)52-28-16-30-54-57(52)56-51-27-13-11-20-46(51)37-38-55(56)59(54)48-23-8-5-9-24-48/h3-9,11-18,20-40H,10,19H2,1-2H3/b32-31-,41-3+. The van der Waals surface area contributed by atoms with Gasteiger partial charge in [-0.3, -0.25) is 0 Å². The number of allylic oxidation sites excluding steroid dienone is 4. The van der Waals surface area contributed by atoms with Crippen LogP contribution in [0.3, 0.4) is 0 Å². The summed E-state index contributed by atoms with van der Waals surface area (Å²) < 4.78 is 2.43. The van der Waals surface area contributed by atoms with E-state index in [1.54, 1.807) is 0 Å². The molecule has 2 nitrogen and oxygen atoms in total. The van der Waals surface area contributed by atoms with Crippen LogP contribution in [-0.4, -0.2) is 10.6 Å². The first-order chi connectivity index (χ1) is 29.2. The third-order valence-corrected chi connectivity index (χ3v) is 12.0. The first-order valence-corrected chi connectivity index (χ1v) is 20.8. The van der Waals surface area contributed by atoms with Crippen LogP contribution in [-0.2, 0) is 6.42 Å². The second-order valence-corrected chi connectivity index (χ2v) is 15.5. The van der Waals surface area contributed by atoms with E-state index in [0.29, 0.717) is 0 Å². The number of aromatic nitrogens is 1. The van der Waals surface area contributed by atoms with Crippen molar-refractivity contribution in [3.8, 4) is 27.9 Å². The van der Waals surface area contributed by atoms with Crippen molar-refractivity contribution in [1.82, 2.24) is 4.57 Å². The van der Waals surface area contributed by atoms with Gasteiger partial charge in [-0.25, -0.2) is 0 Å². The van der Waals surface area contributed by atoms with Gasteiger partial charge in [0.05, 0.1) is 11.0 Å². The molecule has 0 saturated heterocycles. The summed E-state index contributed by atoms with van der Waals surface area (Å²) in [7, 11) is 0. The Hall–Kier alpha value is -7.16. The van der Waals surface area contributed by atoms with E-state index >= 15 is 0 Å². The van der Waals surface area contributed by atoms with Crippen molar-refractivity contribution in [3.63, 3.8) is 0 Å². The molecule has 1 unspecified atom stereocenters. The zero-order valence-electron chi connectivity index (χ0n) is 33.6. The van der Waals surface area contributed by atoms with Crippen molar-refractivity contribution in [3.05, 3.63) is 223 Å². The molecular weight excluding hydrogens is 713 g/mol. The highest BCUT2D eigenvalue weighted by molar-refractivity contribution is 6.25. The van der Waals surface area contributed by atoms with E-state index in [4.69, 9.17) is 0 Å². The van der Waals surface area contributed by atoms with Gasteiger partial charge in [-0.05, 0) is 119 Å². The van der Waals surface area contributed by atoms with Gasteiger partial charge in [0.1, 0.15) is 0 Å². The number of aryl methyl sites for hydroxylation is 1. The van der Waals surface area contributed by atoms with Crippen LogP contribution in [0.1, 0.15) is 37.0 Å². The average molecular weight is 759 g/mol. The van der Waals surface area contributed by atoms with E-state index in [0.717, 1.165) is 24.2 Å². The lowest BCUT2D eigenvalue weighted by Gasteiger charge is -2.33. The highest BCUT2D eigenvalue weighted by Gasteiger charge is 2.23. The molecule has 1 aromatic heterocycles. The zero-order chi connectivity index (χ0) is 39.7. The lowest BCUT2D eigenvalue weighted by molar-refractivity contribution is 0.859. The fraction of sp³-hybridized carbons (Fsp3) is 0.0877. The largest absolute Gasteiger partial charge is 0.334 e. The van der Waals surface area contributed by atoms with Gasteiger partial charge in [0.15, 0.2) is 0 Å². The predicted molar refractivity (Wildman–Crippen MR) is 254 cm³/mol. The Morgan fingerprint density at radius 1 is 0.627 bits per heavy atom. The van der Waals surface area contributed by atoms with Gasteiger partial charge in [0.2, 0.25) is 0 Å². The molecule has 0 amide bonds. The molecule has 0 N–H and O–H groups in total. The van der Waals surface area contributed by atoms with Crippen LogP contribution in [0.2, 0.25) is 0 Å². The van der Waals surface area contributed by atoms with E-state index in [1.165, 1.54) is 82.8 Å². The highest BCUT2D eigenvalue weighted by Crippen LogP contribution is 2.43. The van der Waals surface area contributed by atoms with Gasteiger partial charge >= 0.3 is 0 Å². The molecule has 59 heavy (non-hydrogen) atoms. The second-order valence-electron chi connectivity index (χ2n) is 15.5. The van der Waals surface area contributed by atoms with E-state index in [-0.39, 0.29) is 6.04 Å². The fourth-order valence-corrected chi connectivity index (χ4v) is 9.17. The van der Waals surface area contributed by atoms with Crippen molar-refractivity contribution in [1.29, 1.82) is 0 Å². The Morgan fingerprint density at radius 3 is 2.17 bits per heavy atom. The molecule has 0 bridgehead atoms. The van der Waals surface area contributed by atoms with E-state index in [1.807, 2.05) is 0 Å². The quantitative estimate of drug-likeness (QED) is 0.133. The SMILES string of the molecule is C/C=C(\C=C/C(C)N(c1cccc(-c2cccc3c2c2c4ccccc4ccc2n3-c2ccccc2)c1)c1cccc2c1C=CCC2)c1ccc(-c2ccccc2)cc1. The molecular formula is C57H46N2. The summed E-state index contributed by atoms with van der Waals surface area (Å²) in [4.78, 5) is 2.53. The number of anilines is 2. The van der Waals surface area contributed by atoms with Gasteiger partial charge in [0, 0.05) is 39.4 Å². The highest BCUT2D eigenvalue weighted by atomic mass is 15.2. The van der Waals surface area contributed by atoms with Crippen LogP contribution in [0.25, 0.3) is 72.2 Å². The molecule has 0 saturated carbocycles. The van der Waals surface area contributed by atoms with Crippen molar-refractivity contribution < 1.29 is 0 Å². The fourth-order valence-electron chi connectivity index (χ4n) is 9.17. The molecule has 0 aliphatic heterocycles. The van der Waals surface area contributed by atoms with Crippen LogP contribution in [0, 0.1) is 0 Å². The Kier molecular flexibility index (Phi) is 9.60. The topological polar surface area (TPSA) is 8.17 Å². The maximum absolute atomic E-state index is 2.53. The summed E-state index contributed by atoms with van der Waals surface area (Å²) in [6.07, 6.45) is 13.7. The Balaban J connectivity index is 1.10. The molecule has 8 aromatic carbocycles. The Morgan fingerprint density at radius 2 is 1.34 bits per heavy atom. The predicted octanol–water partition coefficient (Wildman–Crippen LogP) is 15.4. The van der Waals surface area contributed by atoms with E-state index in [9.17, 15) is 0 Å². The van der Waals surface area contributed by atoms with Crippen LogP contribution in [0.4, 0.5) is 11.4 Å². The smallest absolute Gasteiger partial charge is 0.0547 e. The number of fused-ring (bicyclic) bond motifs is 6. The molecule has 0 radical (unpaired) electrons. The van der Waals surface area contributed by atoms with Gasteiger partial charge in [0.25, 0.3) is 0 Å². The molecule has 1 heterocycles. The molecule has 1 aliphatic carbocycles. The molecule has 9 aromatic rings. The number of hydrogen-bond donors (Lipinski definition) is 0. The minimum absolute atomic E-state index is 0.0466. The Bertz CT molecular complexity index is 3050. The second kappa shape index (κ2) is 15.6. The summed E-state index contributed by atoms with van der Waals surface area (Å²) in [5, 5.41) is 5.08. The molecule has 10 rings (SSSR count). The maximum atomic E-state index is 2.53. The van der Waals surface area contributed by atoms with Gasteiger partial charge in [-0.2, -0.15) is 0 Å². The van der Waals surface area contributed by atoms with Crippen molar-refractivity contribution in [2.45, 2.75) is 32.7 Å². The Labute approximate surface area is 347 Å². The molecule has 0 fully saturated rings. The summed E-state index contributed by atoms with van der Waals surface area (Å²) in [6.45, 7) is 4.45. The first kappa shape index (κ1) is 36.2. The number of para-hydroxylation sites is 1. The van der Waals surface area contributed by atoms with Crippen LogP contribution in [0.5, 0.6) is 0 Å². The van der Waals surface area contributed by atoms with Crippen molar-refractivity contribution in [2.24, 2.45) is 0 Å². The molecule has 0 spiro atoms. The lowest BCUT2D eigenvalue weighted by atomic mass is 9.94. The molecule has 1 aliphatic rings. The van der Waals surface area contributed by atoms with Crippen LogP contribution < -0.4 is 4.90 Å². The minimum atomic E-state index is 0.0466. The summed E-state index contributed by atoms with van der Waals surface area (Å²) in [5.41, 5.74) is 16.0. The lowest BCUT2D eigenvalue weighted by Crippen LogP contribution is -2.27. The van der Waals surface area contributed by atoms with Gasteiger partial charge < -0.3 is 9.47 Å². The third kappa shape index (κ3) is 6.67. The van der Waals surface area contributed by atoms with Gasteiger partial charge in [-0.1, -0.05) is 170 Å². The number of rotatable bonds is 9. The summed E-state index contributed by atoms with van der Waals surface area (Å²) in [6, 6.07) is 66.5. The summed E-state index contributed by atoms with van der Waals surface area (Å²) >= 11 is 0. The minimum Gasteiger partial charge on any atom is -0.334 e. The van der Waals surface area contributed by atoms with Gasteiger partial charge in [-0.15, -0.1) is 0 Å². The van der Waals surface area contributed by atoms with Crippen molar-refractivity contribution >= 4 is 55.6 Å². The monoisotopic (exact) mass is 758 g/mol. The van der Waals surface area contributed by atoms with Crippen molar-refractivity contribution in [2.75, 3.05) is 4.90 Å². The van der Waals surface area contributed by atoms with E-state index in [2.05, 4.69) is 236 Å². The number of benzene rings is 8.